The molecule has 38 heavy (non-hydrogen) atoms. The Kier molecular flexibility index (Phi) is 10.0. The van der Waals surface area contributed by atoms with Gasteiger partial charge in [-0.15, -0.1) is 0 Å². The second-order valence-corrected chi connectivity index (χ2v) is 10.8. The molecule has 3 fully saturated rings. The molecule has 3 aliphatic heterocycles. The normalized spacial score (nSPS) is 23.1. The SMILES string of the molecule is CCOC(=O)CC1(C(=O)OCC)CCN(CC2CN(C(Cc3ccccc3)C3CCNCC3)C(=O)O2)CC1. The summed E-state index contributed by atoms with van der Waals surface area (Å²) in [7, 11) is 0. The number of hydrogen-bond donors (Lipinski definition) is 1. The Bertz CT molecular complexity index is 928. The number of hydrogen-bond acceptors (Lipinski definition) is 8. The number of amides is 1. The third-order valence-corrected chi connectivity index (χ3v) is 8.29. The highest BCUT2D eigenvalue weighted by Gasteiger charge is 2.46. The third-order valence-electron chi connectivity index (χ3n) is 8.29. The number of likely N-dealkylation sites (tertiary alicyclic amines) is 1. The Balaban J connectivity index is 1.37. The van der Waals surface area contributed by atoms with E-state index >= 15 is 0 Å². The lowest BCUT2D eigenvalue weighted by atomic mass is 9.75. The van der Waals surface area contributed by atoms with Crippen molar-refractivity contribution in [3.8, 4) is 0 Å². The second kappa shape index (κ2) is 13.4. The van der Waals surface area contributed by atoms with E-state index in [2.05, 4.69) is 34.5 Å². The van der Waals surface area contributed by atoms with E-state index in [4.69, 9.17) is 14.2 Å². The number of esters is 2. The van der Waals surface area contributed by atoms with Gasteiger partial charge in [-0.2, -0.15) is 0 Å². The van der Waals surface area contributed by atoms with E-state index in [9.17, 15) is 14.4 Å². The average molecular weight is 530 g/mol. The van der Waals surface area contributed by atoms with Crippen LogP contribution in [0.4, 0.5) is 4.79 Å². The minimum absolute atomic E-state index is 0.0388. The number of benzene rings is 1. The summed E-state index contributed by atoms with van der Waals surface area (Å²) in [4.78, 5) is 42.4. The van der Waals surface area contributed by atoms with Crippen molar-refractivity contribution in [1.82, 2.24) is 15.1 Å². The molecule has 0 aliphatic carbocycles. The first-order chi connectivity index (χ1) is 18.4. The van der Waals surface area contributed by atoms with Crippen molar-refractivity contribution in [1.29, 1.82) is 0 Å². The zero-order valence-corrected chi connectivity index (χ0v) is 22.9. The number of piperidine rings is 2. The maximum absolute atomic E-state index is 13.1. The number of carbonyl (C=O) groups is 3. The van der Waals surface area contributed by atoms with E-state index in [-0.39, 0.29) is 49.8 Å². The van der Waals surface area contributed by atoms with E-state index in [0.29, 0.717) is 44.9 Å². The highest BCUT2D eigenvalue weighted by atomic mass is 16.6. The number of cyclic esters (lactones) is 1. The van der Waals surface area contributed by atoms with Crippen LogP contribution in [0.5, 0.6) is 0 Å². The summed E-state index contributed by atoms with van der Waals surface area (Å²) in [5.41, 5.74) is 0.382. The maximum Gasteiger partial charge on any atom is 0.410 e. The van der Waals surface area contributed by atoms with Crippen LogP contribution in [-0.4, -0.2) is 92.5 Å². The fourth-order valence-electron chi connectivity index (χ4n) is 6.20. The van der Waals surface area contributed by atoms with Gasteiger partial charge in [0.15, 0.2) is 0 Å². The third kappa shape index (κ3) is 7.05. The standard InChI is InChI=1S/C29H43N3O6/c1-3-36-26(33)19-29(27(34)37-4-2)12-16-31(17-13-29)20-24-21-32(28(35)38-24)25(23-10-14-30-15-11-23)18-22-8-6-5-7-9-22/h5-9,23-25,30H,3-4,10-21H2,1-2H3. The Morgan fingerprint density at radius 1 is 1.08 bits per heavy atom. The summed E-state index contributed by atoms with van der Waals surface area (Å²) in [6, 6.07) is 10.5. The molecule has 9 nitrogen and oxygen atoms in total. The second-order valence-electron chi connectivity index (χ2n) is 10.8. The number of rotatable bonds is 11. The molecular formula is C29H43N3O6. The Morgan fingerprint density at radius 2 is 1.76 bits per heavy atom. The predicted molar refractivity (Wildman–Crippen MR) is 142 cm³/mol. The maximum atomic E-state index is 13.1. The van der Waals surface area contributed by atoms with Crippen LogP contribution in [0.1, 0.15) is 51.5 Å². The molecular weight excluding hydrogens is 486 g/mol. The van der Waals surface area contributed by atoms with E-state index in [1.165, 1.54) is 5.56 Å². The molecule has 1 amide bonds. The van der Waals surface area contributed by atoms with E-state index < -0.39 is 5.41 Å². The van der Waals surface area contributed by atoms with Gasteiger partial charge in [-0.1, -0.05) is 30.3 Å². The molecule has 4 rings (SSSR count). The Morgan fingerprint density at radius 3 is 2.42 bits per heavy atom. The van der Waals surface area contributed by atoms with Gasteiger partial charge in [0.1, 0.15) is 6.10 Å². The first-order valence-corrected chi connectivity index (χ1v) is 14.2. The molecule has 9 heteroatoms. The Hall–Kier alpha value is -2.65. The quantitative estimate of drug-likeness (QED) is 0.345. The van der Waals surface area contributed by atoms with Crippen molar-refractivity contribution in [3.63, 3.8) is 0 Å². The molecule has 3 saturated heterocycles. The van der Waals surface area contributed by atoms with Crippen molar-refractivity contribution in [2.24, 2.45) is 11.3 Å². The largest absolute Gasteiger partial charge is 0.466 e. The van der Waals surface area contributed by atoms with Gasteiger partial charge in [0.05, 0.1) is 31.6 Å². The molecule has 0 bridgehead atoms. The average Bonchev–Trinajstić information content (AvgIpc) is 3.29. The van der Waals surface area contributed by atoms with Crippen LogP contribution in [0.25, 0.3) is 0 Å². The number of nitrogens with one attached hydrogen (secondary N) is 1. The minimum Gasteiger partial charge on any atom is -0.466 e. The lowest BCUT2D eigenvalue weighted by Crippen LogP contribution is -2.49. The van der Waals surface area contributed by atoms with Crippen LogP contribution in [-0.2, 0) is 30.2 Å². The van der Waals surface area contributed by atoms with Crippen LogP contribution >= 0.6 is 0 Å². The summed E-state index contributed by atoms with van der Waals surface area (Å²) < 4.78 is 16.4. The van der Waals surface area contributed by atoms with Crippen molar-refractivity contribution in [2.75, 3.05) is 52.5 Å². The lowest BCUT2D eigenvalue weighted by molar-refractivity contribution is -0.165. The molecule has 210 valence electrons. The molecule has 0 radical (unpaired) electrons. The predicted octanol–water partition coefficient (Wildman–Crippen LogP) is 3.02. The smallest absolute Gasteiger partial charge is 0.410 e. The van der Waals surface area contributed by atoms with Crippen LogP contribution in [0, 0.1) is 11.3 Å². The van der Waals surface area contributed by atoms with Crippen molar-refractivity contribution >= 4 is 18.0 Å². The molecule has 2 unspecified atom stereocenters. The first kappa shape index (κ1) is 28.4. The summed E-state index contributed by atoms with van der Waals surface area (Å²) >= 11 is 0. The van der Waals surface area contributed by atoms with Gasteiger partial charge in [0.25, 0.3) is 0 Å². The van der Waals surface area contributed by atoms with Gasteiger partial charge in [0.2, 0.25) is 0 Å². The lowest BCUT2D eigenvalue weighted by Gasteiger charge is -2.39. The molecule has 0 spiro atoms. The van der Waals surface area contributed by atoms with Gasteiger partial charge in [-0.3, -0.25) is 14.5 Å². The van der Waals surface area contributed by atoms with Crippen molar-refractivity contribution in [2.45, 2.75) is 64.5 Å². The highest BCUT2D eigenvalue weighted by molar-refractivity contribution is 5.83. The number of ether oxygens (including phenoxy) is 3. The minimum atomic E-state index is -0.854. The molecule has 1 aromatic rings. The fourth-order valence-corrected chi connectivity index (χ4v) is 6.20. The van der Waals surface area contributed by atoms with Gasteiger partial charge in [-0.25, -0.2) is 4.79 Å². The molecule has 1 N–H and O–H groups in total. The summed E-state index contributed by atoms with van der Waals surface area (Å²) in [6.45, 7) is 8.52. The molecule has 0 aromatic heterocycles. The molecule has 3 heterocycles. The Labute approximate surface area is 226 Å². The summed E-state index contributed by atoms with van der Waals surface area (Å²) in [6.07, 6.45) is 3.55. The van der Waals surface area contributed by atoms with Crippen LogP contribution in [0.2, 0.25) is 0 Å². The van der Waals surface area contributed by atoms with E-state index in [1.807, 2.05) is 11.0 Å². The highest BCUT2D eigenvalue weighted by Crippen LogP contribution is 2.37. The van der Waals surface area contributed by atoms with Crippen molar-refractivity contribution in [3.05, 3.63) is 35.9 Å². The molecule has 2 atom stereocenters. The van der Waals surface area contributed by atoms with E-state index in [1.54, 1.807) is 13.8 Å². The topological polar surface area (TPSA) is 97.4 Å². The van der Waals surface area contributed by atoms with Crippen molar-refractivity contribution < 1.29 is 28.6 Å². The van der Waals surface area contributed by atoms with E-state index in [0.717, 1.165) is 32.4 Å². The first-order valence-electron chi connectivity index (χ1n) is 14.2. The zero-order chi connectivity index (χ0) is 27.0. The monoisotopic (exact) mass is 529 g/mol. The molecule has 3 aliphatic rings. The van der Waals surface area contributed by atoms with Crippen LogP contribution in [0.3, 0.4) is 0 Å². The number of carbonyl (C=O) groups excluding carboxylic acids is 3. The molecule has 0 saturated carbocycles. The van der Waals surface area contributed by atoms with Gasteiger partial charge in [0, 0.05) is 12.6 Å². The number of nitrogens with zero attached hydrogens (tertiary/aromatic N) is 2. The van der Waals surface area contributed by atoms with Gasteiger partial charge < -0.3 is 24.4 Å². The summed E-state index contributed by atoms with van der Waals surface area (Å²) in [5.74, 6) is -0.251. The zero-order valence-electron chi connectivity index (χ0n) is 22.9. The summed E-state index contributed by atoms with van der Waals surface area (Å²) in [5, 5.41) is 3.44. The van der Waals surface area contributed by atoms with Crippen LogP contribution < -0.4 is 5.32 Å². The van der Waals surface area contributed by atoms with Gasteiger partial charge >= 0.3 is 18.0 Å². The fraction of sp³-hybridized carbons (Fsp3) is 0.690. The van der Waals surface area contributed by atoms with Crippen LogP contribution in [0.15, 0.2) is 30.3 Å². The van der Waals surface area contributed by atoms with Gasteiger partial charge in [-0.05, 0) is 83.6 Å². The molecule has 1 aromatic carbocycles.